The van der Waals surface area contributed by atoms with Crippen molar-refractivity contribution in [3.8, 4) is 33.5 Å². The normalized spacial score (nSPS) is 12.0. The van der Waals surface area contributed by atoms with E-state index in [9.17, 15) is 0 Å². The Morgan fingerprint density at radius 2 is 0.880 bits per heavy atom. The van der Waals surface area contributed by atoms with Crippen LogP contribution in [0.1, 0.15) is 0 Å². The van der Waals surface area contributed by atoms with Crippen molar-refractivity contribution in [2.75, 3.05) is 0 Å². The van der Waals surface area contributed by atoms with Crippen molar-refractivity contribution >= 4 is 75.5 Å². The zero-order chi connectivity index (χ0) is 32.8. The predicted octanol–water partition coefficient (Wildman–Crippen LogP) is 13.6. The molecule has 0 spiro atoms. The highest BCUT2D eigenvalue weighted by Gasteiger charge is 2.17. The lowest BCUT2D eigenvalue weighted by Gasteiger charge is -2.16. The largest absolute Gasteiger partial charge is 0.247 e. The van der Waals surface area contributed by atoms with Gasteiger partial charge in [-0.05, 0) is 94.3 Å². The van der Waals surface area contributed by atoms with Crippen molar-refractivity contribution in [3.63, 3.8) is 0 Å². The fourth-order valence-corrected chi connectivity index (χ4v) is 8.36. The molecule has 0 radical (unpaired) electrons. The summed E-state index contributed by atoms with van der Waals surface area (Å²) in [7, 11) is 0. The van der Waals surface area contributed by atoms with Gasteiger partial charge in [0, 0.05) is 21.7 Å². The number of pyridine rings is 1. The van der Waals surface area contributed by atoms with Gasteiger partial charge in [0.05, 0.1) is 11.2 Å². The average molecular weight is 632 g/mol. The van der Waals surface area contributed by atoms with E-state index in [1.807, 2.05) is 0 Å². The van der Waals surface area contributed by atoms with Crippen LogP contribution in [-0.2, 0) is 0 Å². The first kappa shape index (κ1) is 27.4. The summed E-state index contributed by atoms with van der Waals surface area (Å²) in [5.74, 6) is 0. The van der Waals surface area contributed by atoms with Gasteiger partial charge in [0.2, 0.25) is 0 Å². The lowest BCUT2D eigenvalue weighted by Crippen LogP contribution is -1.93. The summed E-state index contributed by atoms with van der Waals surface area (Å²) in [5, 5.41) is 16.4. The lowest BCUT2D eigenvalue weighted by molar-refractivity contribution is 1.43. The van der Waals surface area contributed by atoms with Crippen LogP contribution in [0.25, 0.3) is 109 Å². The van der Waals surface area contributed by atoms with E-state index in [-0.39, 0.29) is 0 Å². The van der Waals surface area contributed by atoms with Crippen LogP contribution in [0.3, 0.4) is 0 Å². The quantitative estimate of drug-likeness (QED) is 0.177. The highest BCUT2D eigenvalue weighted by molar-refractivity contribution is 6.26. The Labute approximate surface area is 289 Å². The average Bonchev–Trinajstić information content (AvgIpc) is 3.19. The molecule has 0 fully saturated rings. The van der Waals surface area contributed by atoms with Gasteiger partial charge in [-0.2, -0.15) is 0 Å². The predicted molar refractivity (Wildman–Crippen MR) is 214 cm³/mol. The van der Waals surface area contributed by atoms with Gasteiger partial charge in [-0.1, -0.05) is 158 Å². The second-order valence-corrected chi connectivity index (χ2v) is 13.5. The SMILES string of the molecule is c1cc(-c2nc3cc(-c4ccc5ccccc5c4)ccc3c3c2ccc2ccccc23)cc(-c2ccc3ccc4cccc5ccc2c3c45)c1. The molecule has 0 saturated heterocycles. The third-order valence-electron chi connectivity index (χ3n) is 10.7. The molecule has 50 heavy (non-hydrogen) atoms. The maximum absolute atomic E-state index is 5.49. The van der Waals surface area contributed by atoms with Gasteiger partial charge in [-0.15, -0.1) is 0 Å². The molecule has 0 bridgehead atoms. The molecular weight excluding hydrogens is 603 g/mol. The third kappa shape index (κ3) is 4.04. The van der Waals surface area contributed by atoms with E-state index < -0.39 is 0 Å². The summed E-state index contributed by atoms with van der Waals surface area (Å²) in [4.78, 5) is 5.49. The van der Waals surface area contributed by atoms with E-state index in [2.05, 4.69) is 176 Å². The summed E-state index contributed by atoms with van der Waals surface area (Å²) < 4.78 is 0. The monoisotopic (exact) mass is 631 g/mol. The van der Waals surface area contributed by atoms with Crippen LogP contribution in [0.2, 0.25) is 0 Å². The minimum absolute atomic E-state index is 1.00. The lowest BCUT2D eigenvalue weighted by atomic mass is 9.89. The molecule has 1 aromatic heterocycles. The number of nitrogens with zero attached hydrogens (tertiary/aromatic N) is 1. The molecule has 11 aromatic rings. The topological polar surface area (TPSA) is 12.9 Å². The van der Waals surface area contributed by atoms with Crippen LogP contribution >= 0.6 is 0 Å². The van der Waals surface area contributed by atoms with E-state index in [1.54, 1.807) is 0 Å². The van der Waals surface area contributed by atoms with Crippen molar-refractivity contribution in [1.82, 2.24) is 4.98 Å². The summed E-state index contributed by atoms with van der Waals surface area (Å²) in [6, 6.07) is 64.5. The zero-order valence-corrected chi connectivity index (χ0v) is 27.2. The molecule has 0 unspecified atom stereocenters. The van der Waals surface area contributed by atoms with E-state index in [0.29, 0.717) is 0 Å². The Kier molecular flexibility index (Phi) is 5.73. The molecule has 0 aliphatic rings. The highest BCUT2D eigenvalue weighted by atomic mass is 14.7. The molecule has 0 N–H and O–H groups in total. The second kappa shape index (κ2) is 10.5. The molecule has 0 amide bonds. The van der Waals surface area contributed by atoms with Gasteiger partial charge < -0.3 is 0 Å². The Morgan fingerprint density at radius 3 is 1.78 bits per heavy atom. The summed E-state index contributed by atoms with van der Waals surface area (Å²) in [6.45, 7) is 0. The van der Waals surface area contributed by atoms with Crippen LogP contribution in [-0.4, -0.2) is 4.98 Å². The van der Waals surface area contributed by atoms with Gasteiger partial charge >= 0.3 is 0 Å². The number of hydrogen-bond acceptors (Lipinski definition) is 1. The number of hydrogen-bond donors (Lipinski definition) is 0. The minimum Gasteiger partial charge on any atom is -0.247 e. The van der Waals surface area contributed by atoms with Gasteiger partial charge in [-0.3, -0.25) is 0 Å². The molecule has 0 atom stereocenters. The zero-order valence-electron chi connectivity index (χ0n) is 27.2. The number of benzene rings is 10. The maximum atomic E-state index is 5.49. The van der Waals surface area contributed by atoms with Crippen LogP contribution < -0.4 is 0 Å². The van der Waals surface area contributed by atoms with Gasteiger partial charge in [0.1, 0.15) is 0 Å². The van der Waals surface area contributed by atoms with Crippen molar-refractivity contribution in [2.24, 2.45) is 0 Å². The molecular formula is C49H29N. The smallest absolute Gasteiger partial charge is 0.0788 e. The van der Waals surface area contributed by atoms with Gasteiger partial charge in [0.25, 0.3) is 0 Å². The summed E-state index contributed by atoms with van der Waals surface area (Å²) in [5.41, 5.74) is 7.93. The fourth-order valence-electron chi connectivity index (χ4n) is 8.36. The Morgan fingerprint density at radius 1 is 0.280 bits per heavy atom. The summed E-state index contributed by atoms with van der Waals surface area (Å²) >= 11 is 0. The van der Waals surface area contributed by atoms with Crippen molar-refractivity contribution in [3.05, 3.63) is 176 Å². The standard InChI is InChI=1S/C49H29N/c1-2-9-35-27-36(18-15-30(35)7-1)37-22-25-43-45(29-37)50-49(44-26-19-31-8-3-4-14-41(31)48(43)44)39-13-6-12-38(28-39)40-23-20-34-17-16-32-10-5-11-33-21-24-42(40)47(34)46(32)33/h1-29H. The van der Waals surface area contributed by atoms with E-state index >= 15 is 0 Å². The van der Waals surface area contributed by atoms with Crippen LogP contribution in [0.15, 0.2) is 176 Å². The Bertz CT molecular complexity index is 3140. The Balaban J connectivity index is 1.15. The summed E-state index contributed by atoms with van der Waals surface area (Å²) in [6.07, 6.45) is 0. The van der Waals surface area contributed by atoms with Crippen molar-refractivity contribution in [2.45, 2.75) is 0 Å². The molecule has 1 nitrogen and oxygen atoms in total. The van der Waals surface area contributed by atoms with Crippen LogP contribution in [0.5, 0.6) is 0 Å². The molecule has 11 rings (SSSR count). The number of rotatable bonds is 3. The maximum Gasteiger partial charge on any atom is 0.0788 e. The van der Waals surface area contributed by atoms with Crippen molar-refractivity contribution < 1.29 is 0 Å². The number of aromatic nitrogens is 1. The minimum atomic E-state index is 1.00. The Hall–Kier alpha value is -6.57. The van der Waals surface area contributed by atoms with Crippen LogP contribution in [0.4, 0.5) is 0 Å². The van der Waals surface area contributed by atoms with E-state index in [0.717, 1.165) is 16.8 Å². The molecule has 0 saturated carbocycles. The third-order valence-corrected chi connectivity index (χ3v) is 10.7. The van der Waals surface area contributed by atoms with Crippen molar-refractivity contribution in [1.29, 1.82) is 0 Å². The number of fused-ring (bicyclic) bond motifs is 6. The molecule has 1 heterocycles. The van der Waals surface area contributed by atoms with Gasteiger partial charge in [-0.25, -0.2) is 4.98 Å². The first-order valence-corrected chi connectivity index (χ1v) is 17.3. The molecule has 0 aliphatic carbocycles. The van der Waals surface area contributed by atoms with E-state index in [1.165, 1.54) is 92.3 Å². The molecule has 230 valence electrons. The van der Waals surface area contributed by atoms with Gasteiger partial charge in [0.15, 0.2) is 0 Å². The molecule has 0 aliphatic heterocycles. The molecule has 1 heteroatoms. The molecule has 10 aromatic carbocycles. The second-order valence-electron chi connectivity index (χ2n) is 13.5. The first-order valence-electron chi connectivity index (χ1n) is 17.3. The first-order chi connectivity index (χ1) is 24.8. The fraction of sp³-hybridized carbons (Fsp3) is 0. The van der Waals surface area contributed by atoms with Crippen LogP contribution in [0, 0.1) is 0 Å². The highest BCUT2D eigenvalue weighted by Crippen LogP contribution is 2.42. The van der Waals surface area contributed by atoms with E-state index in [4.69, 9.17) is 4.98 Å².